The van der Waals surface area contributed by atoms with Gasteiger partial charge in [0.05, 0.1) is 18.8 Å². The quantitative estimate of drug-likeness (QED) is 0.627. The normalized spacial score (nSPS) is 15.6. The summed E-state index contributed by atoms with van der Waals surface area (Å²) in [5.74, 6) is -3.07. The molecule has 0 bridgehead atoms. The van der Waals surface area contributed by atoms with E-state index in [-0.39, 0.29) is 22.4 Å². The smallest absolute Gasteiger partial charge is 0.335 e. The number of methoxy groups -OCH3 is 1. The predicted molar refractivity (Wildman–Crippen MR) is 97.5 cm³/mol. The van der Waals surface area contributed by atoms with E-state index in [9.17, 15) is 24.3 Å². The lowest BCUT2D eigenvalue weighted by Gasteiger charge is -2.26. The molecule has 2 aromatic carbocycles. The van der Waals surface area contributed by atoms with Crippen LogP contribution in [0.3, 0.4) is 0 Å². The first-order valence-electron chi connectivity index (χ1n) is 8.19. The predicted octanol–water partition coefficient (Wildman–Crippen LogP) is 1.03. The molecule has 1 fully saturated rings. The molecule has 0 saturated carbocycles. The molecule has 1 N–H and O–H groups in total. The second-order valence-electron chi connectivity index (χ2n) is 6.04. The molecular formula is C20H15N2O6-. The number of nitrogens with zero attached hydrogens (tertiary/aromatic N) is 1. The maximum Gasteiger partial charge on any atom is 0.335 e. The van der Waals surface area contributed by atoms with Gasteiger partial charge in [0.1, 0.15) is 11.3 Å². The number of carboxylic acids is 1. The van der Waals surface area contributed by atoms with Crippen LogP contribution in [0, 0.1) is 6.92 Å². The molecule has 0 atom stereocenters. The summed E-state index contributed by atoms with van der Waals surface area (Å²) < 4.78 is 4.95. The van der Waals surface area contributed by atoms with Gasteiger partial charge in [-0.2, -0.15) is 0 Å². The summed E-state index contributed by atoms with van der Waals surface area (Å²) in [4.78, 5) is 49.3. The number of aromatic carboxylic acids is 1. The number of carbonyl (C=O) groups is 4. The molecule has 0 spiro atoms. The van der Waals surface area contributed by atoms with Crippen LogP contribution < -0.4 is 20.1 Å². The molecule has 1 aliphatic rings. The van der Waals surface area contributed by atoms with Gasteiger partial charge < -0.3 is 14.6 Å². The molecule has 8 heteroatoms. The van der Waals surface area contributed by atoms with Crippen molar-refractivity contribution < 1.29 is 29.0 Å². The van der Waals surface area contributed by atoms with Gasteiger partial charge in [-0.15, -0.1) is 0 Å². The van der Waals surface area contributed by atoms with Crippen LogP contribution in [-0.4, -0.2) is 30.9 Å². The lowest BCUT2D eigenvalue weighted by atomic mass is 10.0. The second-order valence-corrected chi connectivity index (χ2v) is 6.04. The van der Waals surface area contributed by atoms with Crippen molar-refractivity contribution >= 4 is 35.6 Å². The first kappa shape index (κ1) is 18.8. The van der Waals surface area contributed by atoms with Crippen molar-refractivity contribution in [1.29, 1.82) is 0 Å². The lowest BCUT2D eigenvalue weighted by molar-refractivity contribution is -0.255. The van der Waals surface area contributed by atoms with Crippen molar-refractivity contribution in [3.63, 3.8) is 0 Å². The Balaban J connectivity index is 2.03. The number of carboxylic acid groups (broad SMARTS) is 1. The molecule has 0 radical (unpaired) electrons. The highest BCUT2D eigenvalue weighted by Gasteiger charge is 2.36. The van der Waals surface area contributed by atoms with Crippen LogP contribution in [0.1, 0.15) is 21.5 Å². The van der Waals surface area contributed by atoms with Crippen molar-refractivity contribution in [3.05, 3.63) is 64.7 Å². The van der Waals surface area contributed by atoms with Crippen LogP contribution in [-0.2, 0) is 9.59 Å². The number of nitrogens with one attached hydrogen (secondary N) is 1. The van der Waals surface area contributed by atoms with E-state index in [1.165, 1.54) is 31.4 Å². The van der Waals surface area contributed by atoms with E-state index >= 15 is 0 Å². The SMILES string of the molecule is COc1ccc(/C=C2\C(=O)NC(=O)N(c3ccc(C)cc3)C2=O)cc1C(=O)[O-]. The Morgan fingerprint density at radius 2 is 1.79 bits per heavy atom. The summed E-state index contributed by atoms with van der Waals surface area (Å²) in [6.07, 6.45) is 1.21. The number of amides is 4. The Bertz CT molecular complexity index is 1020. The van der Waals surface area contributed by atoms with Crippen LogP contribution in [0.15, 0.2) is 48.0 Å². The fourth-order valence-corrected chi connectivity index (χ4v) is 2.73. The fourth-order valence-electron chi connectivity index (χ4n) is 2.73. The molecule has 142 valence electrons. The van der Waals surface area contributed by atoms with Crippen LogP contribution in [0.25, 0.3) is 6.08 Å². The Morgan fingerprint density at radius 3 is 2.39 bits per heavy atom. The molecule has 1 aliphatic heterocycles. The third kappa shape index (κ3) is 3.48. The largest absolute Gasteiger partial charge is 0.545 e. The third-order valence-electron chi connectivity index (χ3n) is 4.15. The van der Waals surface area contributed by atoms with Crippen molar-refractivity contribution in [3.8, 4) is 5.75 Å². The van der Waals surface area contributed by atoms with Gasteiger partial charge in [0, 0.05) is 5.56 Å². The molecule has 0 unspecified atom stereocenters. The van der Waals surface area contributed by atoms with Gasteiger partial charge in [0.15, 0.2) is 0 Å². The summed E-state index contributed by atoms with van der Waals surface area (Å²) in [5.41, 5.74) is 0.962. The maximum atomic E-state index is 12.8. The minimum absolute atomic E-state index is 0.0815. The highest BCUT2D eigenvalue weighted by molar-refractivity contribution is 6.39. The number of hydrogen-bond donors (Lipinski definition) is 1. The molecule has 0 aromatic heterocycles. The zero-order chi connectivity index (χ0) is 20.4. The fraction of sp³-hybridized carbons (Fsp3) is 0.100. The number of hydrogen-bond acceptors (Lipinski definition) is 6. The Morgan fingerprint density at radius 1 is 1.11 bits per heavy atom. The van der Waals surface area contributed by atoms with Gasteiger partial charge in [-0.1, -0.05) is 23.8 Å². The van der Waals surface area contributed by atoms with Gasteiger partial charge in [0.2, 0.25) is 0 Å². The van der Waals surface area contributed by atoms with E-state index in [0.717, 1.165) is 10.5 Å². The number of aryl methyl sites for hydroxylation is 1. The number of anilines is 1. The summed E-state index contributed by atoms with van der Waals surface area (Å²) in [6.45, 7) is 1.86. The Labute approximate surface area is 160 Å². The van der Waals surface area contributed by atoms with Gasteiger partial charge in [-0.25, -0.2) is 9.69 Å². The Kier molecular flexibility index (Phi) is 4.95. The number of imide groups is 2. The van der Waals surface area contributed by atoms with Gasteiger partial charge in [0.25, 0.3) is 11.8 Å². The highest BCUT2D eigenvalue weighted by atomic mass is 16.5. The number of urea groups is 1. The molecular weight excluding hydrogens is 364 g/mol. The standard InChI is InChI=1S/C20H16N2O6/c1-11-3-6-13(7-4-11)22-18(24)15(17(23)21-20(22)27)10-12-5-8-16(28-2)14(9-12)19(25)26/h3-10H,1-2H3,(H,25,26)(H,21,23,27)/p-1/b15-10+. The Hall–Kier alpha value is -3.94. The lowest BCUT2D eigenvalue weighted by Crippen LogP contribution is -2.54. The molecule has 3 rings (SSSR count). The van der Waals surface area contributed by atoms with Crippen molar-refractivity contribution in [2.75, 3.05) is 12.0 Å². The van der Waals surface area contributed by atoms with Crippen molar-refractivity contribution in [1.82, 2.24) is 5.32 Å². The number of barbiturate groups is 1. The van der Waals surface area contributed by atoms with Crippen LogP contribution in [0.2, 0.25) is 0 Å². The summed E-state index contributed by atoms with van der Waals surface area (Å²) in [7, 11) is 1.31. The molecule has 1 heterocycles. The summed E-state index contributed by atoms with van der Waals surface area (Å²) in [5, 5.41) is 13.4. The van der Waals surface area contributed by atoms with E-state index in [0.29, 0.717) is 5.69 Å². The summed E-state index contributed by atoms with van der Waals surface area (Å²) >= 11 is 0. The van der Waals surface area contributed by atoms with Crippen molar-refractivity contribution in [2.24, 2.45) is 0 Å². The number of benzene rings is 2. The van der Waals surface area contributed by atoms with Crippen molar-refractivity contribution in [2.45, 2.75) is 6.92 Å². The number of carbonyl (C=O) groups excluding carboxylic acids is 4. The second kappa shape index (κ2) is 7.36. The zero-order valence-corrected chi connectivity index (χ0v) is 15.0. The van der Waals surface area contributed by atoms with Gasteiger partial charge in [-0.05, 0) is 42.8 Å². The molecule has 4 amide bonds. The molecule has 2 aromatic rings. The van der Waals surface area contributed by atoms with Crippen LogP contribution in [0.4, 0.5) is 10.5 Å². The van der Waals surface area contributed by atoms with E-state index < -0.39 is 23.8 Å². The van der Waals surface area contributed by atoms with E-state index in [2.05, 4.69) is 5.32 Å². The molecule has 28 heavy (non-hydrogen) atoms. The first-order chi connectivity index (χ1) is 13.3. The maximum absolute atomic E-state index is 12.8. The summed E-state index contributed by atoms with van der Waals surface area (Å²) in [6, 6.07) is 9.84. The van der Waals surface area contributed by atoms with E-state index in [1.807, 2.05) is 6.92 Å². The number of rotatable bonds is 4. The first-order valence-corrected chi connectivity index (χ1v) is 8.19. The van der Waals surface area contributed by atoms with Crippen LogP contribution in [0.5, 0.6) is 5.75 Å². The minimum Gasteiger partial charge on any atom is -0.545 e. The molecule has 8 nitrogen and oxygen atoms in total. The van der Waals surface area contributed by atoms with E-state index in [1.54, 1.807) is 24.3 Å². The van der Waals surface area contributed by atoms with E-state index in [4.69, 9.17) is 4.74 Å². The van der Waals surface area contributed by atoms with Gasteiger partial charge in [-0.3, -0.25) is 14.9 Å². The van der Waals surface area contributed by atoms with Gasteiger partial charge >= 0.3 is 6.03 Å². The highest BCUT2D eigenvalue weighted by Crippen LogP contribution is 2.24. The van der Waals surface area contributed by atoms with Crippen LogP contribution >= 0.6 is 0 Å². The minimum atomic E-state index is -1.46. The molecule has 0 aliphatic carbocycles. The monoisotopic (exact) mass is 379 g/mol. The topological polar surface area (TPSA) is 116 Å². The third-order valence-corrected chi connectivity index (χ3v) is 4.15. The number of ether oxygens (including phenoxy) is 1. The molecule has 1 saturated heterocycles. The average molecular weight is 379 g/mol. The average Bonchev–Trinajstić information content (AvgIpc) is 2.66. The zero-order valence-electron chi connectivity index (χ0n) is 15.0.